The van der Waals surface area contributed by atoms with E-state index in [4.69, 9.17) is 0 Å². The number of methoxy groups -OCH3 is 1. The fourth-order valence-corrected chi connectivity index (χ4v) is 5.05. The number of rotatable bonds is 4. The van der Waals surface area contributed by atoms with Crippen LogP contribution in [0.4, 0.5) is 0 Å². The zero-order chi connectivity index (χ0) is 14.3. The minimum atomic E-state index is -0.241. The summed E-state index contributed by atoms with van der Waals surface area (Å²) >= 11 is 0. The number of amides is 1. The molecule has 0 unspecified atom stereocenters. The van der Waals surface area contributed by atoms with E-state index in [0.717, 1.165) is 11.8 Å². The maximum Gasteiger partial charge on any atom is 0.307 e. The molecule has 20 heavy (non-hydrogen) atoms. The largest absolute Gasteiger partial charge is 0.469 e. The molecule has 4 aliphatic carbocycles. The standard InChI is InChI=1S/C16H25NO3/c1-17(4-3-14(18)20-2)16(19)15-12-6-10-5-11(8-12)9-13(15)7-10/h10-13,15H,3-9H2,1-2H3. The van der Waals surface area contributed by atoms with Crippen LogP contribution in [0, 0.1) is 29.6 Å². The number of carbonyl (C=O) groups is 2. The normalized spacial score (nSPS) is 37.8. The lowest BCUT2D eigenvalue weighted by Crippen LogP contribution is -2.51. The second-order valence-electron chi connectivity index (χ2n) is 7.04. The van der Waals surface area contributed by atoms with E-state index in [1.54, 1.807) is 4.90 Å². The van der Waals surface area contributed by atoms with Gasteiger partial charge in [-0.2, -0.15) is 0 Å². The first kappa shape index (κ1) is 13.9. The number of esters is 1. The summed E-state index contributed by atoms with van der Waals surface area (Å²) in [5.74, 6) is 3.25. The van der Waals surface area contributed by atoms with E-state index in [-0.39, 0.29) is 17.8 Å². The van der Waals surface area contributed by atoms with Gasteiger partial charge in [0.15, 0.2) is 0 Å². The molecule has 0 radical (unpaired) electrons. The third-order valence-corrected chi connectivity index (χ3v) is 5.77. The summed E-state index contributed by atoms with van der Waals surface area (Å²) in [6.07, 6.45) is 6.74. The summed E-state index contributed by atoms with van der Waals surface area (Å²) in [4.78, 5) is 25.7. The Hall–Kier alpha value is -1.06. The lowest BCUT2D eigenvalue weighted by Gasteiger charge is -2.54. The van der Waals surface area contributed by atoms with E-state index in [1.807, 2.05) is 7.05 Å². The van der Waals surface area contributed by atoms with Crippen LogP contribution in [0.1, 0.15) is 38.5 Å². The molecule has 4 saturated carbocycles. The fourth-order valence-electron chi connectivity index (χ4n) is 5.05. The van der Waals surface area contributed by atoms with Crippen molar-refractivity contribution in [1.29, 1.82) is 0 Å². The van der Waals surface area contributed by atoms with Crippen molar-refractivity contribution in [3.8, 4) is 0 Å². The zero-order valence-electron chi connectivity index (χ0n) is 12.5. The fraction of sp³-hybridized carbons (Fsp3) is 0.875. The van der Waals surface area contributed by atoms with Crippen molar-refractivity contribution < 1.29 is 14.3 Å². The smallest absolute Gasteiger partial charge is 0.307 e. The van der Waals surface area contributed by atoms with Gasteiger partial charge in [-0.3, -0.25) is 9.59 Å². The third-order valence-electron chi connectivity index (χ3n) is 5.77. The molecule has 4 bridgehead atoms. The van der Waals surface area contributed by atoms with Gasteiger partial charge >= 0.3 is 5.97 Å². The Labute approximate surface area is 120 Å². The van der Waals surface area contributed by atoms with Crippen LogP contribution in [0.25, 0.3) is 0 Å². The Morgan fingerprint density at radius 3 is 2.10 bits per heavy atom. The summed E-state index contributed by atoms with van der Waals surface area (Å²) in [6.45, 7) is 0.480. The third kappa shape index (κ3) is 2.45. The molecule has 0 saturated heterocycles. The van der Waals surface area contributed by atoms with Gasteiger partial charge in [-0.1, -0.05) is 0 Å². The molecule has 0 aromatic heterocycles. The van der Waals surface area contributed by atoms with E-state index in [9.17, 15) is 9.59 Å². The summed E-state index contributed by atoms with van der Waals surface area (Å²) in [7, 11) is 3.22. The van der Waals surface area contributed by atoms with Crippen LogP contribution < -0.4 is 0 Å². The Morgan fingerprint density at radius 1 is 1.05 bits per heavy atom. The van der Waals surface area contributed by atoms with Crippen LogP contribution >= 0.6 is 0 Å². The molecule has 0 heterocycles. The van der Waals surface area contributed by atoms with E-state index in [1.165, 1.54) is 39.2 Å². The molecule has 0 spiro atoms. The quantitative estimate of drug-likeness (QED) is 0.740. The predicted octanol–water partition coefficient (Wildman–Crippen LogP) is 2.08. The molecule has 0 aromatic rings. The molecule has 4 rings (SSSR count). The molecule has 1 amide bonds. The Kier molecular flexibility index (Phi) is 3.74. The van der Waals surface area contributed by atoms with E-state index < -0.39 is 0 Å². The Morgan fingerprint density at radius 2 is 1.60 bits per heavy atom. The van der Waals surface area contributed by atoms with Crippen molar-refractivity contribution in [3.63, 3.8) is 0 Å². The van der Waals surface area contributed by atoms with Crippen LogP contribution in [0.15, 0.2) is 0 Å². The number of hydrogen-bond acceptors (Lipinski definition) is 3. The van der Waals surface area contributed by atoms with Crippen molar-refractivity contribution in [1.82, 2.24) is 4.90 Å². The van der Waals surface area contributed by atoms with Gasteiger partial charge in [0, 0.05) is 19.5 Å². The maximum absolute atomic E-state index is 12.7. The van der Waals surface area contributed by atoms with Gasteiger partial charge < -0.3 is 9.64 Å². The van der Waals surface area contributed by atoms with Gasteiger partial charge in [-0.25, -0.2) is 0 Å². The number of ether oxygens (including phenoxy) is 1. The Bertz CT molecular complexity index is 379. The molecular weight excluding hydrogens is 254 g/mol. The van der Waals surface area contributed by atoms with Crippen LogP contribution in [0.3, 0.4) is 0 Å². The first-order valence-corrected chi connectivity index (χ1v) is 7.90. The van der Waals surface area contributed by atoms with Gasteiger partial charge in [-0.05, 0) is 55.8 Å². The molecule has 4 heteroatoms. The Balaban J connectivity index is 1.61. The monoisotopic (exact) mass is 279 g/mol. The average molecular weight is 279 g/mol. The molecule has 0 N–H and O–H groups in total. The van der Waals surface area contributed by atoms with Crippen LogP contribution in [-0.2, 0) is 14.3 Å². The second-order valence-corrected chi connectivity index (χ2v) is 7.04. The van der Waals surface area contributed by atoms with Gasteiger partial charge in [0.25, 0.3) is 0 Å². The maximum atomic E-state index is 12.7. The second kappa shape index (κ2) is 5.38. The molecule has 4 aliphatic rings. The summed E-state index contributed by atoms with van der Waals surface area (Å²) in [5, 5.41) is 0. The summed E-state index contributed by atoms with van der Waals surface area (Å²) in [5.41, 5.74) is 0. The predicted molar refractivity (Wildman–Crippen MR) is 74.8 cm³/mol. The highest BCUT2D eigenvalue weighted by Gasteiger charge is 2.51. The highest BCUT2D eigenvalue weighted by Crippen LogP contribution is 2.56. The molecule has 4 nitrogen and oxygen atoms in total. The van der Waals surface area contributed by atoms with Crippen molar-refractivity contribution in [3.05, 3.63) is 0 Å². The van der Waals surface area contributed by atoms with E-state index in [0.29, 0.717) is 24.8 Å². The van der Waals surface area contributed by atoms with Crippen molar-refractivity contribution in [2.45, 2.75) is 38.5 Å². The molecular formula is C16H25NO3. The van der Waals surface area contributed by atoms with E-state index in [2.05, 4.69) is 4.74 Å². The zero-order valence-corrected chi connectivity index (χ0v) is 12.5. The number of carbonyl (C=O) groups excluding carboxylic acids is 2. The average Bonchev–Trinajstić information content (AvgIpc) is 2.42. The summed E-state index contributed by atoms with van der Waals surface area (Å²) in [6, 6.07) is 0. The minimum Gasteiger partial charge on any atom is -0.469 e. The minimum absolute atomic E-state index is 0.227. The number of nitrogens with zero attached hydrogens (tertiary/aromatic N) is 1. The van der Waals surface area contributed by atoms with Crippen molar-refractivity contribution in [2.24, 2.45) is 29.6 Å². The first-order valence-electron chi connectivity index (χ1n) is 7.90. The molecule has 0 aromatic carbocycles. The molecule has 0 aliphatic heterocycles. The lowest BCUT2D eigenvalue weighted by molar-refractivity contribution is -0.148. The molecule has 4 fully saturated rings. The van der Waals surface area contributed by atoms with Gasteiger partial charge in [0.2, 0.25) is 5.91 Å². The van der Waals surface area contributed by atoms with Gasteiger partial charge in [-0.15, -0.1) is 0 Å². The van der Waals surface area contributed by atoms with Gasteiger partial charge in [0.1, 0.15) is 0 Å². The van der Waals surface area contributed by atoms with Crippen LogP contribution in [0.2, 0.25) is 0 Å². The van der Waals surface area contributed by atoms with Crippen molar-refractivity contribution >= 4 is 11.9 Å². The van der Waals surface area contributed by atoms with Crippen LogP contribution in [0.5, 0.6) is 0 Å². The highest BCUT2D eigenvalue weighted by atomic mass is 16.5. The van der Waals surface area contributed by atoms with E-state index >= 15 is 0 Å². The summed E-state index contributed by atoms with van der Waals surface area (Å²) < 4.78 is 4.64. The van der Waals surface area contributed by atoms with Crippen molar-refractivity contribution in [2.75, 3.05) is 20.7 Å². The SMILES string of the molecule is COC(=O)CCN(C)C(=O)C1C2CC3CC(C2)CC1C3. The van der Waals surface area contributed by atoms with Gasteiger partial charge in [0.05, 0.1) is 13.5 Å². The van der Waals surface area contributed by atoms with Crippen LogP contribution in [-0.4, -0.2) is 37.5 Å². The first-order chi connectivity index (χ1) is 9.58. The lowest BCUT2D eigenvalue weighted by atomic mass is 9.51. The number of hydrogen-bond donors (Lipinski definition) is 0. The topological polar surface area (TPSA) is 46.6 Å². The molecule has 0 atom stereocenters. The highest BCUT2D eigenvalue weighted by molar-refractivity contribution is 5.80. The molecule has 112 valence electrons.